The van der Waals surface area contributed by atoms with Crippen molar-refractivity contribution < 1.29 is 9.53 Å². The van der Waals surface area contributed by atoms with Gasteiger partial charge in [0.15, 0.2) is 0 Å². The molecule has 2 aliphatic heterocycles. The zero-order chi connectivity index (χ0) is 18.0. The lowest BCUT2D eigenvalue weighted by Gasteiger charge is -2.47. The van der Waals surface area contributed by atoms with Crippen LogP contribution in [0.2, 0.25) is 0 Å². The first-order valence-corrected chi connectivity index (χ1v) is 9.98. The van der Waals surface area contributed by atoms with Crippen LogP contribution in [0.4, 0.5) is 10.6 Å². The van der Waals surface area contributed by atoms with Crippen molar-refractivity contribution >= 4 is 11.8 Å². The lowest BCUT2D eigenvalue weighted by Crippen LogP contribution is -2.49. The molecule has 1 aromatic heterocycles. The molecule has 4 rings (SSSR count). The van der Waals surface area contributed by atoms with E-state index in [9.17, 15) is 4.79 Å². The molecule has 1 N–H and O–H groups in total. The highest BCUT2D eigenvalue weighted by atomic mass is 16.5. The SMILES string of the molecule is CC1CN(c2ccc(CNC(=O)N3CCC4(CCC4)CC3)cn2)CCO1. The summed E-state index contributed by atoms with van der Waals surface area (Å²) < 4.78 is 5.58. The van der Waals surface area contributed by atoms with Crippen LogP contribution < -0.4 is 10.2 Å². The number of urea groups is 1. The number of anilines is 1. The van der Waals surface area contributed by atoms with Crippen molar-refractivity contribution in [2.24, 2.45) is 5.41 Å². The van der Waals surface area contributed by atoms with E-state index in [1.807, 2.05) is 17.2 Å². The van der Waals surface area contributed by atoms with Gasteiger partial charge in [0.05, 0.1) is 12.7 Å². The van der Waals surface area contributed by atoms with Crippen LogP contribution in [0.25, 0.3) is 0 Å². The predicted octanol–water partition coefficient (Wildman–Crippen LogP) is 2.78. The molecule has 1 unspecified atom stereocenters. The van der Waals surface area contributed by atoms with Crippen LogP contribution >= 0.6 is 0 Å². The average Bonchev–Trinajstić information content (AvgIpc) is 2.65. The van der Waals surface area contributed by atoms with Crippen LogP contribution in [0.5, 0.6) is 0 Å². The van der Waals surface area contributed by atoms with Gasteiger partial charge in [0.25, 0.3) is 0 Å². The van der Waals surface area contributed by atoms with Crippen molar-refractivity contribution in [2.75, 3.05) is 37.7 Å². The van der Waals surface area contributed by atoms with Gasteiger partial charge in [-0.1, -0.05) is 12.5 Å². The van der Waals surface area contributed by atoms with Gasteiger partial charge < -0.3 is 19.9 Å². The number of nitrogens with zero attached hydrogens (tertiary/aromatic N) is 3. The van der Waals surface area contributed by atoms with E-state index in [1.54, 1.807) is 0 Å². The monoisotopic (exact) mass is 358 g/mol. The standard InChI is InChI=1S/C20H30N4O2/c1-16-15-24(11-12-26-16)18-4-3-17(13-21-18)14-22-19(25)23-9-7-20(8-10-23)5-2-6-20/h3-4,13,16H,2,5-12,14-15H2,1H3,(H,22,25). The number of hydrogen-bond acceptors (Lipinski definition) is 4. The Labute approximate surface area is 155 Å². The van der Waals surface area contributed by atoms with Gasteiger partial charge in [0.2, 0.25) is 0 Å². The summed E-state index contributed by atoms with van der Waals surface area (Å²) in [6.07, 6.45) is 8.57. The van der Waals surface area contributed by atoms with E-state index in [1.165, 1.54) is 32.1 Å². The fourth-order valence-corrected chi connectivity index (χ4v) is 4.39. The number of ether oxygens (including phenoxy) is 1. The minimum atomic E-state index is 0.0604. The fourth-order valence-electron chi connectivity index (χ4n) is 4.39. The lowest BCUT2D eigenvalue weighted by molar-refractivity contribution is 0.0462. The quantitative estimate of drug-likeness (QED) is 0.903. The van der Waals surface area contributed by atoms with Gasteiger partial charge in [0, 0.05) is 38.9 Å². The second-order valence-corrected chi connectivity index (χ2v) is 8.15. The molecule has 6 nitrogen and oxygen atoms in total. The maximum absolute atomic E-state index is 12.4. The predicted molar refractivity (Wildman–Crippen MR) is 101 cm³/mol. The summed E-state index contributed by atoms with van der Waals surface area (Å²) in [5, 5.41) is 3.05. The van der Waals surface area contributed by atoms with Gasteiger partial charge in [-0.25, -0.2) is 9.78 Å². The van der Waals surface area contributed by atoms with E-state index in [-0.39, 0.29) is 12.1 Å². The average molecular weight is 358 g/mol. The van der Waals surface area contributed by atoms with E-state index in [0.717, 1.165) is 44.2 Å². The highest BCUT2D eigenvalue weighted by Crippen LogP contribution is 2.48. The number of morpholine rings is 1. The number of hydrogen-bond donors (Lipinski definition) is 1. The molecule has 3 heterocycles. The van der Waals surface area contributed by atoms with E-state index >= 15 is 0 Å². The Morgan fingerprint density at radius 1 is 1.27 bits per heavy atom. The molecule has 0 radical (unpaired) electrons. The molecular weight excluding hydrogens is 328 g/mol. The number of piperidine rings is 1. The number of nitrogens with one attached hydrogen (secondary N) is 1. The minimum Gasteiger partial charge on any atom is -0.375 e. The molecule has 1 spiro atoms. The number of aromatic nitrogens is 1. The Morgan fingerprint density at radius 2 is 2.08 bits per heavy atom. The van der Waals surface area contributed by atoms with Crippen molar-refractivity contribution in [1.29, 1.82) is 0 Å². The number of carbonyl (C=O) groups excluding carboxylic acids is 1. The largest absolute Gasteiger partial charge is 0.375 e. The summed E-state index contributed by atoms with van der Waals surface area (Å²) >= 11 is 0. The van der Waals surface area contributed by atoms with Gasteiger partial charge >= 0.3 is 6.03 Å². The zero-order valence-electron chi connectivity index (χ0n) is 15.7. The van der Waals surface area contributed by atoms with Gasteiger partial charge in [-0.15, -0.1) is 0 Å². The van der Waals surface area contributed by atoms with Gasteiger partial charge in [-0.2, -0.15) is 0 Å². The zero-order valence-corrected chi connectivity index (χ0v) is 15.7. The summed E-state index contributed by atoms with van der Waals surface area (Å²) in [4.78, 5) is 21.2. The molecular formula is C20H30N4O2. The van der Waals surface area contributed by atoms with Crippen LogP contribution in [0, 0.1) is 5.41 Å². The summed E-state index contributed by atoms with van der Waals surface area (Å²) in [5.41, 5.74) is 1.61. The molecule has 1 aliphatic carbocycles. The third-order valence-corrected chi connectivity index (χ3v) is 6.34. The molecule has 3 aliphatic rings. The number of amides is 2. The summed E-state index contributed by atoms with van der Waals surface area (Å²) in [6, 6.07) is 4.16. The van der Waals surface area contributed by atoms with E-state index in [4.69, 9.17) is 4.74 Å². The highest BCUT2D eigenvalue weighted by molar-refractivity contribution is 5.74. The third kappa shape index (κ3) is 3.80. The highest BCUT2D eigenvalue weighted by Gasteiger charge is 2.40. The van der Waals surface area contributed by atoms with Crippen molar-refractivity contribution in [1.82, 2.24) is 15.2 Å². The van der Waals surface area contributed by atoms with Crippen molar-refractivity contribution in [3.63, 3.8) is 0 Å². The third-order valence-electron chi connectivity index (χ3n) is 6.34. The number of rotatable bonds is 3. The Bertz CT molecular complexity index is 619. The Balaban J connectivity index is 1.24. The molecule has 1 aromatic rings. The Hall–Kier alpha value is -1.82. The molecule has 3 fully saturated rings. The number of carbonyl (C=O) groups is 1. The minimum absolute atomic E-state index is 0.0604. The second-order valence-electron chi connectivity index (χ2n) is 8.15. The Morgan fingerprint density at radius 3 is 2.69 bits per heavy atom. The lowest BCUT2D eigenvalue weighted by atomic mass is 9.63. The molecule has 6 heteroatoms. The van der Waals surface area contributed by atoms with E-state index in [0.29, 0.717) is 12.0 Å². The maximum Gasteiger partial charge on any atom is 0.317 e. The van der Waals surface area contributed by atoms with Gasteiger partial charge in [0.1, 0.15) is 5.82 Å². The molecule has 1 atom stereocenters. The topological polar surface area (TPSA) is 57.7 Å². The molecule has 2 amide bonds. The number of likely N-dealkylation sites (tertiary alicyclic amines) is 1. The first-order valence-electron chi connectivity index (χ1n) is 9.98. The molecule has 142 valence electrons. The van der Waals surface area contributed by atoms with Crippen LogP contribution in [-0.4, -0.2) is 54.8 Å². The first-order chi connectivity index (χ1) is 12.6. The second kappa shape index (κ2) is 7.43. The molecule has 1 saturated carbocycles. The maximum atomic E-state index is 12.4. The van der Waals surface area contributed by atoms with E-state index < -0.39 is 0 Å². The first kappa shape index (κ1) is 17.6. The summed E-state index contributed by atoms with van der Waals surface area (Å²) in [7, 11) is 0. The molecule has 2 saturated heterocycles. The van der Waals surface area contributed by atoms with Crippen molar-refractivity contribution in [3.05, 3.63) is 23.9 Å². The normalized spacial score (nSPS) is 25.0. The van der Waals surface area contributed by atoms with Crippen molar-refractivity contribution in [2.45, 2.75) is 51.7 Å². The van der Waals surface area contributed by atoms with E-state index in [2.05, 4.69) is 28.2 Å². The van der Waals surface area contributed by atoms with Gasteiger partial charge in [-0.05, 0) is 49.7 Å². The molecule has 0 bridgehead atoms. The van der Waals surface area contributed by atoms with Crippen molar-refractivity contribution in [3.8, 4) is 0 Å². The number of pyridine rings is 1. The fraction of sp³-hybridized carbons (Fsp3) is 0.700. The van der Waals surface area contributed by atoms with Crippen LogP contribution in [-0.2, 0) is 11.3 Å². The van der Waals surface area contributed by atoms with Crippen LogP contribution in [0.1, 0.15) is 44.6 Å². The van der Waals surface area contributed by atoms with Crippen LogP contribution in [0.15, 0.2) is 18.3 Å². The Kier molecular flexibility index (Phi) is 5.02. The van der Waals surface area contributed by atoms with Gasteiger partial charge in [-0.3, -0.25) is 0 Å². The molecule has 0 aromatic carbocycles. The van der Waals surface area contributed by atoms with Crippen LogP contribution in [0.3, 0.4) is 0 Å². The smallest absolute Gasteiger partial charge is 0.317 e. The molecule has 26 heavy (non-hydrogen) atoms. The summed E-state index contributed by atoms with van der Waals surface area (Å²) in [6.45, 7) is 6.92. The summed E-state index contributed by atoms with van der Waals surface area (Å²) in [5.74, 6) is 0.983.